The lowest BCUT2D eigenvalue weighted by Crippen LogP contribution is -1.96. The van der Waals surface area contributed by atoms with Crippen molar-refractivity contribution < 1.29 is 0 Å². The van der Waals surface area contributed by atoms with Gasteiger partial charge in [0, 0.05) is 5.56 Å². The van der Waals surface area contributed by atoms with E-state index in [2.05, 4.69) is 48.2 Å². The highest BCUT2D eigenvalue weighted by atomic mass is 15.4. The largest absolute Gasteiger partial charge is 0.200 e. The Morgan fingerprint density at radius 2 is 1.68 bits per heavy atom. The van der Waals surface area contributed by atoms with Crippen molar-refractivity contribution >= 4 is 6.21 Å². The van der Waals surface area contributed by atoms with Crippen molar-refractivity contribution in [2.45, 2.75) is 20.8 Å². The van der Waals surface area contributed by atoms with Gasteiger partial charge in [-0.15, -0.1) is 10.2 Å². The van der Waals surface area contributed by atoms with Crippen LogP contribution in [0.3, 0.4) is 0 Å². The van der Waals surface area contributed by atoms with E-state index < -0.39 is 0 Å². The molecule has 0 atom stereocenters. The van der Waals surface area contributed by atoms with Crippen LogP contribution >= 0.6 is 0 Å². The lowest BCUT2D eigenvalue weighted by Gasteiger charge is -2.06. The summed E-state index contributed by atoms with van der Waals surface area (Å²) in [6, 6.07) is 14.3. The van der Waals surface area contributed by atoms with E-state index in [1.807, 2.05) is 36.5 Å². The van der Waals surface area contributed by atoms with Crippen LogP contribution in [0.4, 0.5) is 0 Å². The van der Waals surface area contributed by atoms with Crippen LogP contribution in [0, 0.1) is 20.8 Å². The molecule has 4 heteroatoms. The Bertz CT molecular complexity index is 816. The van der Waals surface area contributed by atoms with Gasteiger partial charge in [0.05, 0.1) is 6.21 Å². The second-order valence-corrected chi connectivity index (χ2v) is 5.40. The number of hydrogen-bond acceptors (Lipinski definition) is 3. The highest BCUT2D eigenvalue weighted by molar-refractivity contribution is 5.82. The molecule has 22 heavy (non-hydrogen) atoms. The Hall–Kier alpha value is -2.75. The predicted molar refractivity (Wildman–Crippen MR) is 89.1 cm³/mol. The molecule has 0 aliphatic heterocycles. The second kappa shape index (κ2) is 5.93. The van der Waals surface area contributed by atoms with E-state index in [-0.39, 0.29) is 0 Å². The Morgan fingerprint density at radius 1 is 0.955 bits per heavy atom. The molecule has 3 rings (SSSR count). The molecule has 0 amide bonds. The van der Waals surface area contributed by atoms with Crippen molar-refractivity contribution in [1.82, 2.24) is 14.9 Å². The lowest BCUT2D eigenvalue weighted by atomic mass is 10.0. The van der Waals surface area contributed by atoms with Crippen LogP contribution in [0.5, 0.6) is 0 Å². The standard InChI is InChI=1S/C18H18N4/c1-13-9-15(3)17(10-14(13)2)11-20-22-12-19-21-18(22)16-7-5-4-6-8-16/h4-12H,1-3H3/b20-11-. The number of rotatable bonds is 3. The summed E-state index contributed by atoms with van der Waals surface area (Å²) in [5, 5.41) is 12.6. The van der Waals surface area contributed by atoms with E-state index in [0.29, 0.717) is 0 Å². The molecule has 0 unspecified atom stereocenters. The Balaban J connectivity index is 1.95. The van der Waals surface area contributed by atoms with Gasteiger partial charge in [0.1, 0.15) is 6.33 Å². The first-order valence-electron chi connectivity index (χ1n) is 7.23. The molecule has 4 nitrogen and oxygen atoms in total. The Labute approximate surface area is 130 Å². The van der Waals surface area contributed by atoms with Gasteiger partial charge in [-0.25, -0.2) is 0 Å². The molecule has 0 bridgehead atoms. The van der Waals surface area contributed by atoms with Crippen LogP contribution in [-0.2, 0) is 0 Å². The smallest absolute Gasteiger partial charge is 0.184 e. The molecular weight excluding hydrogens is 272 g/mol. The SMILES string of the molecule is Cc1cc(C)c(/C=N\n2cnnc2-c2ccccc2)cc1C. The maximum Gasteiger partial charge on any atom is 0.184 e. The predicted octanol–water partition coefficient (Wildman–Crippen LogP) is 3.75. The fourth-order valence-corrected chi connectivity index (χ4v) is 2.34. The third-order valence-corrected chi connectivity index (χ3v) is 3.77. The first kappa shape index (κ1) is 14.2. The van der Waals surface area contributed by atoms with Gasteiger partial charge in [0.25, 0.3) is 0 Å². The van der Waals surface area contributed by atoms with Crippen LogP contribution in [-0.4, -0.2) is 21.1 Å². The van der Waals surface area contributed by atoms with Crippen LogP contribution < -0.4 is 0 Å². The summed E-state index contributed by atoms with van der Waals surface area (Å²) in [6.07, 6.45) is 3.48. The van der Waals surface area contributed by atoms with Crippen molar-refractivity contribution in [3.8, 4) is 11.4 Å². The van der Waals surface area contributed by atoms with Gasteiger partial charge in [0.2, 0.25) is 0 Å². The van der Waals surface area contributed by atoms with Crippen LogP contribution in [0.25, 0.3) is 11.4 Å². The van der Waals surface area contributed by atoms with E-state index in [9.17, 15) is 0 Å². The summed E-state index contributed by atoms with van der Waals surface area (Å²) in [4.78, 5) is 0. The fourth-order valence-electron chi connectivity index (χ4n) is 2.34. The average molecular weight is 290 g/mol. The zero-order valence-electron chi connectivity index (χ0n) is 13.0. The number of hydrogen-bond donors (Lipinski definition) is 0. The highest BCUT2D eigenvalue weighted by Crippen LogP contribution is 2.16. The molecule has 2 aromatic carbocycles. The second-order valence-electron chi connectivity index (χ2n) is 5.40. The Kier molecular flexibility index (Phi) is 3.83. The number of aromatic nitrogens is 3. The molecular formula is C18H18N4. The number of benzene rings is 2. The molecule has 0 saturated carbocycles. The summed E-state index contributed by atoms with van der Waals surface area (Å²) in [5.74, 6) is 0.735. The van der Waals surface area contributed by atoms with Gasteiger partial charge in [-0.1, -0.05) is 36.4 Å². The van der Waals surface area contributed by atoms with Crippen molar-refractivity contribution in [2.75, 3.05) is 0 Å². The first-order chi connectivity index (χ1) is 10.6. The topological polar surface area (TPSA) is 43.1 Å². The van der Waals surface area contributed by atoms with Crippen LogP contribution in [0.15, 0.2) is 53.9 Å². The van der Waals surface area contributed by atoms with Gasteiger partial charge in [-0.3, -0.25) is 0 Å². The summed E-state index contributed by atoms with van der Waals surface area (Å²) >= 11 is 0. The third kappa shape index (κ3) is 2.81. The average Bonchev–Trinajstić information content (AvgIpc) is 2.99. The fraction of sp³-hybridized carbons (Fsp3) is 0.167. The molecule has 0 saturated heterocycles. The van der Waals surface area contributed by atoms with Gasteiger partial charge < -0.3 is 0 Å². The summed E-state index contributed by atoms with van der Waals surface area (Å²) < 4.78 is 1.70. The summed E-state index contributed by atoms with van der Waals surface area (Å²) in [5.41, 5.74) is 5.87. The third-order valence-electron chi connectivity index (χ3n) is 3.77. The monoisotopic (exact) mass is 290 g/mol. The number of nitrogens with zero attached hydrogens (tertiary/aromatic N) is 4. The maximum atomic E-state index is 4.51. The number of aryl methyl sites for hydroxylation is 3. The quantitative estimate of drug-likeness (QED) is 0.689. The zero-order chi connectivity index (χ0) is 15.5. The zero-order valence-corrected chi connectivity index (χ0v) is 13.0. The van der Waals surface area contributed by atoms with Gasteiger partial charge >= 0.3 is 0 Å². The van der Waals surface area contributed by atoms with Crippen LogP contribution in [0.2, 0.25) is 0 Å². The molecule has 0 spiro atoms. The van der Waals surface area contributed by atoms with Crippen molar-refractivity contribution in [3.05, 3.63) is 71.0 Å². The van der Waals surface area contributed by atoms with E-state index in [1.165, 1.54) is 16.7 Å². The molecule has 110 valence electrons. The van der Waals surface area contributed by atoms with E-state index in [1.54, 1.807) is 11.0 Å². The summed E-state index contributed by atoms with van der Waals surface area (Å²) in [7, 11) is 0. The lowest BCUT2D eigenvalue weighted by molar-refractivity contribution is 0.887. The molecule has 1 aromatic heterocycles. The molecule has 1 heterocycles. The maximum absolute atomic E-state index is 4.51. The molecule has 3 aromatic rings. The first-order valence-corrected chi connectivity index (χ1v) is 7.23. The van der Waals surface area contributed by atoms with Gasteiger partial charge in [0.15, 0.2) is 5.82 Å². The normalized spacial score (nSPS) is 11.2. The minimum absolute atomic E-state index is 0.735. The molecule has 0 fully saturated rings. The van der Waals surface area contributed by atoms with E-state index in [0.717, 1.165) is 17.0 Å². The van der Waals surface area contributed by atoms with Gasteiger partial charge in [-0.05, 0) is 49.1 Å². The minimum atomic E-state index is 0.735. The highest BCUT2D eigenvalue weighted by Gasteiger charge is 2.05. The molecule has 0 radical (unpaired) electrons. The van der Waals surface area contributed by atoms with E-state index >= 15 is 0 Å². The van der Waals surface area contributed by atoms with Crippen molar-refractivity contribution in [3.63, 3.8) is 0 Å². The summed E-state index contributed by atoms with van der Waals surface area (Å²) in [6.45, 7) is 6.33. The molecule has 0 N–H and O–H groups in total. The molecule has 0 aliphatic carbocycles. The molecule has 0 aliphatic rings. The van der Waals surface area contributed by atoms with E-state index in [4.69, 9.17) is 0 Å². The van der Waals surface area contributed by atoms with Crippen LogP contribution in [0.1, 0.15) is 22.3 Å². The minimum Gasteiger partial charge on any atom is -0.200 e. The van der Waals surface area contributed by atoms with Crippen molar-refractivity contribution in [2.24, 2.45) is 5.10 Å². The van der Waals surface area contributed by atoms with Crippen molar-refractivity contribution in [1.29, 1.82) is 0 Å². The Morgan fingerprint density at radius 3 is 2.45 bits per heavy atom. The van der Waals surface area contributed by atoms with Gasteiger partial charge in [-0.2, -0.15) is 9.78 Å².